The molecule has 1 saturated heterocycles. The highest BCUT2D eigenvalue weighted by atomic mass is 16.5. The number of nitrogens with one attached hydrogen (secondary N) is 2. The van der Waals surface area contributed by atoms with E-state index in [0.717, 1.165) is 38.2 Å². The van der Waals surface area contributed by atoms with Gasteiger partial charge < -0.3 is 20.3 Å². The lowest BCUT2D eigenvalue weighted by Crippen LogP contribution is -2.37. The predicted octanol–water partition coefficient (Wildman–Crippen LogP) is 1.35. The van der Waals surface area contributed by atoms with Crippen molar-refractivity contribution in [1.82, 2.24) is 15.0 Å². The van der Waals surface area contributed by atoms with Crippen molar-refractivity contribution in [3.63, 3.8) is 0 Å². The first-order valence-corrected chi connectivity index (χ1v) is 7.77. The number of anilines is 3. The average molecular weight is 292 g/mol. The summed E-state index contributed by atoms with van der Waals surface area (Å²) < 4.78 is 5.38. The van der Waals surface area contributed by atoms with Crippen LogP contribution in [-0.2, 0) is 4.74 Å². The average Bonchev–Trinajstić information content (AvgIpc) is 2.93. The number of morpholine rings is 1. The lowest BCUT2D eigenvalue weighted by molar-refractivity contribution is 0.122. The Labute approximate surface area is 125 Å². The predicted molar refractivity (Wildman–Crippen MR) is 82.8 cm³/mol. The van der Waals surface area contributed by atoms with Crippen molar-refractivity contribution < 1.29 is 4.74 Å². The van der Waals surface area contributed by atoms with E-state index in [1.54, 1.807) is 0 Å². The van der Waals surface area contributed by atoms with E-state index in [1.165, 1.54) is 19.3 Å². The molecule has 2 fully saturated rings. The Morgan fingerprint density at radius 3 is 2.52 bits per heavy atom. The van der Waals surface area contributed by atoms with Gasteiger partial charge in [0.05, 0.1) is 13.2 Å². The molecular formula is C14H24N6O. The lowest BCUT2D eigenvalue weighted by Gasteiger charge is -2.27. The topological polar surface area (TPSA) is 75.2 Å². The molecule has 1 aliphatic heterocycles. The molecule has 2 unspecified atom stereocenters. The summed E-state index contributed by atoms with van der Waals surface area (Å²) in [4.78, 5) is 15.6. The number of hydrogen-bond donors (Lipinski definition) is 2. The molecule has 1 aromatic rings. The van der Waals surface area contributed by atoms with E-state index in [1.807, 2.05) is 7.05 Å². The van der Waals surface area contributed by atoms with Gasteiger partial charge in [0.25, 0.3) is 0 Å². The van der Waals surface area contributed by atoms with E-state index in [0.29, 0.717) is 17.9 Å². The van der Waals surface area contributed by atoms with Crippen molar-refractivity contribution in [2.75, 3.05) is 48.9 Å². The Balaban J connectivity index is 1.75. The van der Waals surface area contributed by atoms with Crippen LogP contribution in [0.1, 0.15) is 26.2 Å². The summed E-state index contributed by atoms with van der Waals surface area (Å²) in [5.74, 6) is 2.80. The maximum absolute atomic E-state index is 5.38. The van der Waals surface area contributed by atoms with E-state index in [9.17, 15) is 0 Å². The van der Waals surface area contributed by atoms with Crippen molar-refractivity contribution in [2.45, 2.75) is 32.2 Å². The van der Waals surface area contributed by atoms with Gasteiger partial charge in [0, 0.05) is 26.2 Å². The summed E-state index contributed by atoms with van der Waals surface area (Å²) in [6.45, 7) is 5.40. The van der Waals surface area contributed by atoms with Gasteiger partial charge in [0.15, 0.2) is 0 Å². The lowest BCUT2D eigenvalue weighted by atomic mass is 10.1. The molecule has 0 aromatic carbocycles. The van der Waals surface area contributed by atoms with Crippen molar-refractivity contribution in [3.8, 4) is 0 Å². The molecule has 7 heteroatoms. The summed E-state index contributed by atoms with van der Waals surface area (Å²) in [5, 5.41) is 6.49. The van der Waals surface area contributed by atoms with Crippen LogP contribution >= 0.6 is 0 Å². The van der Waals surface area contributed by atoms with E-state index < -0.39 is 0 Å². The van der Waals surface area contributed by atoms with Gasteiger partial charge in [0.2, 0.25) is 17.8 Å². The van der Waals surface area contributed by atoms with Crippen LogP contribution in [0.3, 0.4) is 0 Å². The summed E-state index contributed by atoms with van der Waals surface area (Å²) in [6, 6.07) is 0.477. The standard InChI is InChI=1S/C14H24N6O/c1-10-3-4-11(9-10)16-13-17-12(15-2)18-14(19-13)20-5-7-21-8-6-20/h10-11H,3-9H2,1-2H3,(H2,15,16,17,18,19). The molecule has 2 aliphatic rings. The molecule has 0 bridgehead atoms. The molecule has 0 radical (unpaired) electrons. The molecule has 1 saturated carbocycles. The SMILES string of the molecule is CNc1nc(NC2CCC(C)C2)nc(N2CCOCC2)n1. The van der Waals surface area contributed by atoms with Crippen LogP contribution in [0, 0.1) is 5.92 Å². The maximum atomic E-state index is 5.38. The van der Waals surface area contributed by atoms with E-state index >= 15 is 0 Å². The van der Waals surface area contributed by atoms with Crippen LogP contribution in [0.4, 0.5) is 17.8 Å². The van der Waals surface area contributed by atoms with Gasteiger partial charge in [-0.05, 0) is 25.2 Å². The second kappa shape index (κ2) is 6.43. The zero-order valence-electron chi connectivity index (χ0n) is 12.8. The molecule has 2 N–H and O–H groups in total. The third-order valence-corrected chi connectivity index (χ3v) is 4.17. The molecule has 116 valence electrons. The minimum atomic E-state index is 0.477. The smallest absolute Gasteiger partial charge is 0.232 e. The first kappa shape index (κ1) is 14.3. The minimum absolute atomic E-state index is 0.477. The van der Waals surface area contributed by atoms with E-state index in [-0.39, 0.29) is 0 Å². The Bertz CT molecular complexity index is 477. The van der Waals surface area contributed by atoms with Crippen LogP contribution in [0.15, 0.2) is 0 Å². The summed E-state index contributed by atoms with van der Waals surface area (Å²) >= 11 is 0. The molecule has 21 heavy (non-hydrogen) atoms. The monoisotopic (exact) mass is 292 g/mol. The zero-order valence-corrected chi connectivity index (χ0v) is 12.8. The second-order valence-corrected chi connectivity index (χ2v) is 5.89. The van der Waals surface area contributed by atoms with Crippen LogP contribution in [-0.4, -0.2) is 54.3 Å². The highest BCUT2D eigenvalue weighted by Crippen LogP contribution is 2.27. The maximum Gasteiger partial charge on any atom is 0.232 e. The van der Waals surface area contributed by atoms with Crippen molar-refractivity contribution >= 4 is 17.8 Å². The second-order valence-electron chi connectivity index (χ2n) is 5.89. The van der Waals surface area contributed by atoms with Crippen LogP contribution in [0.5, 0.6) is 0 Å². The van der Waals surface area contributed by atoms with Crippen molar-refractivity contribution in [2.24, 2.45) is 5.92 Å². The fraction of sp³-hybridized carbons (Fsp3) is 0.786. The summed E-state index contributed by atoms with van der Waals surface area (Å²) in [7, 11) is 1.83. The van der Waals surface area contributed by atoms with Crippen molar-refractivity contribution in [3.05, 3.63) is 0 Å². The van der Waals surface area contributed by atoms with Gasteiger partial charge in [-0.1, -0.05) is 6.92 Å². The van der Waals surface area contributed by atoms with Crippen LogP contribution in [0.2, 0.25) is 0 Å². The van der Waals surface area contributed by atoms with Gasteiger partial charge >= 0.3 is 0 Å². The molecule has 1 aromatic heterocycles. The minimum Gasteiger partial charge on any atom is -0.378 e. The number of ether oxygens (including phenoxy) is 1. The first-order chi connectivity index (χ1) is 10.2. The molecular weight excluding hydrogens is 268 g/mol. The largest absolute Gasteiger partial charge is 0.378 e. The Morgan fingerprint density at radius 1 is 1.10 bits per heavy atom. The van der Waals surface area contributed by atoms with Gasteiger partial charge in [0.1, 0.15) is 0 Å². The molecule has 3 rings (SSSR count). The van der Waals surface area contributed by atoms with Gasteiger partial charge in [-0.3, -0.25) is 0 Å². The first-order valence-electron chi connectivity index (χ1n) is 7.77. The number of rotatable bonds is 4. The Hall–Kier alpha value is -1.63. The fourth-order valence-corrected chi connectivity index (χ4v) is 2.97. The molecule has 0 amide bonds. The van der Waals surface area contributed by atoms with Crippen molar-refractivity contribution in [1.29, 1.82) is 0 Å². The molecule has 2 atom stereocenters. The third-order valence-electron chi connectivity index (χ3n) is 4.17. The number of nitrogens with zero attached hydrogens (tertiary/aromatic N) is 4. The highest BCUT2D eigenvalue weighted by Gasteiger charge is 2.23. The van der Waals surface area contributed by atoms with E-state index in [4.69, 9.17) is 4.74 Å². The molecule has 0 spiro atoms. The summed E-state index contributed by atoms with van der Waals surface area (Å²) in [5.41, 5.74) is 0. The highest BCUT2D eigenvalue weighted by molar-refractivity contribution is 5.44. The summed E-state index contributed by atoms with van der Waals surface area (Å²) in [6.07, 6.45) is 3.65. The van der Waals surface area contributed by atoms with Gasteiger partial charge in [-0.25, -0.2) is 0 Å². The number of hydrogen-bond acceptors (Lipinski definition) is 7. The van der Waals surface area contributed by atoms with Crippen LogP contribution in [0.25, 0.3) is 0 Å². The van der Waals surface area contributed by atoms with Crippen LogP contribution < -0.4 is 15.5 Å². The van der Waals surface area contributed by atoms with E-state index in [2.05, 4.69) is 37.4 Å². The Morgan fingerprint density at radius 2 is 1.86 bits per heavy atom. The zero-order chi connectivity index (χ0) is 14.7. The normalized spacial score (nSPS) is 25.9. The number of aromatic nitrogens is 3. The molecule has 7 nitrogen and oxygen atoms in total. The fourth-order valence-electron chi connectivity index (χ4n) is 2.97. The molecule has 2 heterocycles. The van der Waals surface area contributed by atoms with Gasteiger partial charge in [-0.15, -0.1) is 0 Å². The van der Waals surface area contributed by atoms with Gasteiger partial charge in [-0.2, -0.15) is 15.0 Å². The third kappa shape index (κ3) is 3.53. The molecule has 1 aliphatic carbocycles. The Kier molecular flexibility index (Phi) is 4.38. The quantitative estimate of drug-likeness (QED) is 0.867.